The van der Waals surface area contributed by atoms with Crippen LogP contribution in [-0.4, -0.2) is 53.0 Å². The number of rotatable bonds is 8. The quantitative estimate of drug-likeness (QED) is 0.214. The lowest BCUT2D eigenvalue weighted by Gasteiger charge is -2.29. The number of aliphatic hydroxyl groups is 2. The number of nitrogens with zero attached hydrogens (tertiary/aromatic N) is 1. The number of hydrogen-bond acceptors (Lipinski definition) is 7. The molecule has 2 aromatic carbocycles. The number of nitrogens with one attached hydrogen (secondary N) is 2. The highest BCUT2D eigenvalue weighted by molar-refractivity contribution is 14.1. The predicted molar refractivity (Wildman–Crippen MR) is 116 cm³/mol. The Balaban J connectivity index is 2.01. The molecule has 0 aliphatic carbocycles. The van der Waals surface area contributed by atoms with Crippen molar-refractivity contribution in [2.24, 2.45) is 0 Å². The van der Waals surface area contributed by atoms with Crippen LogP contribution in [0.3, 0.4) is 0 Å². The molecule has 0 radical (unpaired) electrons. The topological polar surface area (TPSA) is 120 Å². The van der Waals surface area contributed by atoms with Crippen molar-refractivity contribution in [2.75, 3.05) is 25.1 Å². The van der Waals surface area contributed by atoms with Crippen LogP contribution in [-0.2, 0) is 21.0 Å². The van der Waals surface area contributed by atoms with Gasteiger partial charge >= 0.3 is 0 Å². The minimum Gasteiger partial charge on any atom is -0.394 e. The van der Waals surface area contributed by atoms with Crippen LogP contribution < -0.4 is 10.8 Å². The normalized spacial score (nSPS) is 16.1. The van der Waals surface area contributed by atoms with Crippen molar-refractivity contribution >= 4 is 45.8 Å². The summed E-state index contributed by atoms with van der Waals surface area (Å²) in [7, 11) is 0. The third-order valence-corrected chi connectivity index (χ3v) is 5.23. The average Bonchev–Trinajstić information content (AvgIpc) is 2.78. The van der Waals surface area contributed by atoms with E-state index in [2.05, 4.69) is 5.32 Å². The number of carbonyl (C=O) groups is 2. The highest BCUT2D eigenvalue weighted by Crippen LogP contribution is 2.31. The van der Waals surface area contributed by atoms with E-state index in [-0.39, 0.29) is 25.3 Å². The van der Waals surface area contributed by atoms with Gasteiger partial charge in [-0.05, 0) is 46.9 Å². The van der Waals surface area contributed by atoms with Crippen molar-refractivity contribution in [3.8, 4) is 0 Å². The van der Waals surface area contributed by atoms with Gasteiger partial charge in [0.25, 0.3) is 11.8 Å². The molecule has 0 saturated carbocycles. The predicted octanol–water partition coefficient (Wildman–Crippen LogP) is 2.13. The van der Waals surface area contributed by atoms with E-state index in [1.54, 1.807) is 0 Å². The highest BCUT2D eigenvalue weighted by atomic mass is 127. The van der Waals surface area contributed by atoms with Gasteiger partial charge in [0.2, 0.25) is 0 Å². The molecule has 13 heteroatoms. The maximum absolute atomic E-state index is 15.1. The van der Waals surface area contributed by atoms with Gasteiger partial charge in [-0.1, -0.05) is 0 Å². The third kappa shape index (κ3) is 5.92. The van der Waals surface area contributed by atoms with Gasteiger partial charge in [-0.15, -0.1) is 0 Å². The molecular weight excluding hydrogens is 562 g/mol. The molecule has 1 unspecified atom stereocenters. The number of halogens is 4. The van der Waals surface area contributed by atoms with Crippen molar-refractivity contribution in [3.05, 3.63) is 56.4 Å². The van der Waals surface area contributed by atoms with Crippen molar-refractivity contribution in [3.63, 3.8) is 0 Å². The monoisotopic (exact) mass is 581 g/mol. The summed E-state index contributed by atoms with van der Waals surface area (Å²) in [6.45, 7) is -1.32. The Kier molecular flexibility index (Phi) is 8.47. The molecule has 9 nitrogen and oxygen atoms in total. The Bertz CT molecular complexity index is 1060. The largest absolute Gasteiger partial charge is 0.394 e. The first-order chi connectivity index (χ1) is 15.7. The van der Waals surface area contributed by atoms with Crippen LogP contribution in [0.4, 0.5) is 24.5 Å². The number of amides is 2. The van der Waals surface area contributed by atoms with Crippen LogP contribution in [0.25, 0.3) is 0 Å². The number of anilines is 2. The van der Waals surface area contributed by atoms with Gasteiger partial charge in [-0.2, -0.15) is 0 Å². The molecule has 1 fully saturated rings. The SMILES string of the molecule is O=C(NOCCO)c1cc(CN2OCCC(O)C2=O)c(F)c(F)c1Nc1ccc(I)cc1F. The molecule has 1 aliphatic heterocycles. The molecule has 2 aromatic rings. The summed E-state index contributed by atoms with van der Waals surface area (Å²) in [6, 6.07) is 4.90. The fraction of sp³-hybridized carbons (Fsp3) is 0.300. The van der Waals surface area contributed by atoms with Gasteiger partial charge in [0, 0.05) is 15.6 Å². The summed E-state index contributed by atoms with van der Waals surface area (Å²) in [5.41, 5.74) is 0.174. The van der Waals surface area contributed by atoms with Crippen LogP contribution in [0, 0.1) is 21.0 Å². The van der Waals surface area contributed by atoms with Crippen LogP contribution in [0.2, 0.25) is 0 Å². The van der Waals surface area contributed by atoms with Gasteiger partial charge in [0.05, 0.1) is 43.3 Å². The standard InChI is InChI=1S/C20H19F3IN3O6/c21-13-8-11(24)1-2-14(13)25-18-12(19(30)26-32-6-4-28)7-10(16(22)17(18)23)9-27-20(31)15(29)3-5-33-27/h1-2,7-8,15,25,28-29H,3-6,9H2,(H,26,30). The molecule has 1 heterocycles. The van der Waals surface area contributed by atoms with Crippen molar-refractivity contribution in [2.45, 2.75) is 19.1 Å². The van der Waals surface area contributed by atoms with E-state index in [1.165, 1.54) is 12.1 Å². The van der Waals surface area contributed by atoms with Crippen LogP contribution >= 0.6 is 22.6 Å². The zero-order valence-electron chi connectivity index (χ0n) is 16.9. The van der Waals surface area contributed by atoms with E-state index in [4.69, 9.17) is 14.8 Å². The molecule has 33 heavy (non-hydrogen) atoms. The highest BCUT2D eigenvalue weighted by Gasteiger charge is 2.31. The lowest BCUT2D eigenvalue weighted by molar-refractivity contribution is -0.216. The summed E-state index contributed by atoms with van der Waals surface area (Å²) < 4.78 is 44.8. The second-order valence-corrected chi connectivity index (χ2v) is 8.10. The minimum atomic E-state index is -1.51. The Morgan fingerprint density at radius 1 is 1.27 bits per heavy atom. The Morgan fingerprint density at radius 2 is 2.03 bits per heavy atom. The minimum absolute atomic E-state index is 0.0227. The van der Waals surface area contributed by atoms with Gasteiger partial charge in [-0.3, -0.25) is 19.3 Å². The van der Waals surface area contributed by atoms with E-state index in [1.807, 2.05) is 28.1 Å². The zero-order valence-corrected chi connectivity index (χ0v) is 19.1. The fourth-order valence-corrected chi connectivity index (χ4v) is 3.40. The van der Waals surface area contributed by atoms with Gasteiger partial charge in [0.1, 0.15) is 11.9 Å². The van der Waals surface area contributed by atoms with Crippen LogP contribution in [0.15, 0.2) is 24.3 Å². The van der Waals surface area contributed by atoms with E-state index < -0.39 is 65.3 Å². The molecule has 1 aliphatic rings. The molecule has 3 rings (SSSR count). The number of benzene rings is 2. The Labute approximate surface area is 199 Å². The van der Waals surface area contributed by atoms with Gasteiger partial charge in [0.15, 0.2) is 11.6 Å². The smallest absolute Gasteiger partial charge is 0.277 e. The van der Waals surface area contributed by atoms with Crippen molar-refractivity contribution < 1.29 is 42.6 Å². The molecule has 2 amide bonds. The summed E-state index contributed by atoms with van der Waals surface area (Å²) in [5, 5.41) is 21.5. The van der Waals surface area contributed by atoms with Crippen LogP contribution in [0.1, 0.15) is 22.3 Å². The number of aliphatic hydroxyl groups excluding tert-OH is 2. The van der Waals surface area contributed by atoms with E-state index in [0.717, 1.165) is 12.1 Å². The van der Waals surface area contributed by atoms with Crippen LogP contribution in [0.5, 0.6) is 0 Å². The van der Waals surface area contributed by atoms with Crippen molar-refractivity contribution in [1.82, 2.24) is 10.5 Å². The summed E-state index contributed by atoms with van der Waals surface area (Å²) in [4.78, 5) is 34.5. The molecule has 4 N–H and O–H groups in total. The zero-order chi connectivity index (χ0) is 24.1. The molecular formula is C20H19F3IN3O6. The van der Waals surface area contributed by atoms with E-state index >= 15 is 4.39 Å². The average molecular weight is 581 g/mol. The summed E-state index contributed by atoms with van der Waals surface area (Å²) >= 11 is 1.87. The van der Waals surface area contributed by atoms with Gasteiger partial charge < -0.3 is 15.5 Å². The second-order valence-electron chi connectivity index (χ2n) is 6.85. The Morgan fingerprint density at radius 3 is 2.73 bits per heavy atom. The Hall–Kier alpha value is -2.46. The maximum Gasteiger partial charge on any atom is 0.277 e. The maximum atomic E-state index is 15.1. The first kappa shape index (κ1) is 25.2. The van der Waals surface area contributed by atoms with Crippen molar-refractivity contribution in [1.29, 1.82) is 0 Å². The fourth-order valence-electron chi connectivity index (χ4n) is 2.94. The lowest BCUT2D eigenvalue weighted by Crippen LogP contribution is -2.44. The molecule has 1 atom stereocenters. The lowest BCUT2D eigenvalue weighted by atomic mass is 10.0. The van der Waals surface area contributed by atoms with E-state index in [0.29, 0.717) is 8.63 Å². The second kappa shape index (κ2) is 11.1. The summed E-state index contributed by atoms with van der Waals surface area (Å²) in [6.07, 6.45) is -1.31. The molecule has 0 bridgehead atoms. The molecule has 1 saturated heterocycles. The van der Waals surface area contributed by atoms with Gasteiger partial charge in [-0.25, -0.2) is 23.7 Å². The molecule has 0 spiro atoms. The number of hydrogen-bond donors (Lipinski definition) is 4. The molecule has 0 aromatic heterocycles. The number of hydroxylamine groups is 3. The molecule has 178 valence electrons. The number of carbonyl (C=O) groups excluding carboxylic acids is 2. The first-order valence-corrected chi connectivity index (χ1v) is 10.7. The third-order valence-electron chi connectivity index (χ3n) is 4.56. The first-order valence-electron chi connectivity index (χ1n) is 9.61. The van der Waals surface area contributed by atoms with E-state index in [9.17, 15) is 23.5 Å². The summed E-state index contributed by atoms with van der Waals surface area (Å²) in [5.74, 6) is -5.56.